The van der Waals surface area contributed by atoms with E-state index in [1.165, 1.54) is 54.6 Å². The van der Waals surface area contributed by atoms with Gasteiger partial charge < -0.3 is 0 Å². The number of hydrogen-bond acceptors (Lipinski definition) is 3. The quantitative estimate of drug-likeness (QED) is 0.183. The number of nitrogens with zero attached hydrogens (tertiary/aromatic N) is 3. The van der Waals surface area contributed by atoms with Crippen LogP contribution in [0.4, 0.5) is 0 Å². The number of benzene rings is 7. The zero-order chi connectivity index (χ0) is 32.7. The van der Waals surface area contributed by atoms with Crippen LogP contribution in [0.25, 0.3) is 88.5 Å². The van der Waals surface area contributed by atoms with Crippen LogP contribution in [0.2, 0.25) is 0 Å². The zero-order valence-electron chi connectivity index (χ0n) is 27.3. The van der Waals surface area contributed by atoms with E-state index in [9.17, 15) is 0 Å². The van der Waals surface area contributed by atoms with E-state index in [0.29, 0.717) is 5.82 Å². The van der Waals surface area contributed by atoms with Crippen molar-refractivity contribution >= 4 is 32.3 Å². The molecule has 230 valence electrons. The molecule has 0 saturated heterocycles. The van der Waals surface area contributed by atoms with E-state index in [2.05, 4.69) is 152 Å². The van der Waals surface area contributed by atoms with Crippen molar-refractivity contribution in [1.82, 2.24) is 15.0 Å². The molecule has 3 heteroatoms. The summed E-state index contributed by atoms with van der Waals surface area (Å²) in [6, 6.07) is 50.4. The summed E-state index contributed by atoms with van der Waals surface area (Å²) >= 11 is 0. The second-order valence-electron chi connectivity index (χ2n) is 13.7. The van der Waals surface area contributed by atoms with Gasteiger partial charge in [-0.25, -0.2) is 9.97 Å². The summed E-state index contributed by atoms with van der Waals surface area (Å²) in [6.45, 7) is 4.65. The molecule has 10 rings (SSSR count). The van der Waals surface area contributed by atoms with Crippen LogP contribution in [0.3, 0.4) is 0 Å². The Morgan fingerprint density at radius 3 is 1.94 bits per heavy atom. The molecule has 7 aromatic carbocycles. The van der Waals surface area contributed by atoms with Gasteiger partial charge in [-0.05, 0) is 83.9 Å². The van der Waals surface area contributed by atoms with Crippen LogP contribution in [0, 0.1) is 0 Å². The fourth-order valence-electron chi connectivity index (χ4n) is 8.03. The molecule has 0 unspecified atom stereocenters. The number of hydrogen-bond donors (Lipinski definition) is 0. The maximum Gasteiger partial charge on any atom is 0.160 e. The minimum atomic E-state index is -0.102. The van der Waals surface area contributed by atoms with Gasteiger partial charge in [0, 0.05) is 34.5 Å². The zero-order valence-corrected chi connectivity index (χ0v) is 27.3. The first-order valence-electron chi connectivity index (χ1n) is 16.8. The Balaban J connectivity index is 1.18. The van der Waals surface area contributed by atoms with Gasteiger partial charge in [-0.15, -0.1) is 0 Å². The van der Waals surface area contributed by atoms with Crippen LogP contribution >= 0.6 is 0 Å². The first-order chi connectivity index (χ1) is 24.0. The van der Waals surface area contributed by atoms with Crippen molar-refractivity contribution in [1.29, 1.82) is 0 Å². The second-order valence-corrected chi connectivity index (χ2v) is 13.7. The average Bonchev–Trinajstić information content (AvgIpc) is 3.39. The first kappa shape index (κ1) is 27.9. The maximum absolute atomic E-state index is 5.29. The van der Waals surface area contributed by atoms with Gasteiger partial charge in [0.05, 0.1) is 11.4 Å². The maximum atomic E-state index is 5.29. The van der Waals surface area contributed by atoms with Crippen LogP contribution in [-0.2, 0) is 5.41 Å². The molecule has 0 bridgehead atoms. The Morgan fingerprint density at radius 2 is 1.12 bits per heavy atom. The van der Waals surface area contributed by atoms with Crippen molar-refractivity contribution in [3.05, 3.63) is 163 Å². The predicted octanol–water partition coefficient (Wildman–Crippen LogP) is 11.7. The molecule has 0 fully saturated rings. The summed E-state index contributed by atoms with van der Waals surface area (Å²) in [5.41, 5.74) is 12.4. The lowest BCUT2D eigenvalue weighted by Gasteiger charge is -2.22. The van der Waals surface area contributed by atoms with E-state index in [1.807, 2.05) is 12.3 Å². The molecule has 0 radical (unpaired) electrons. The first-order valence-corrected chi connectivity index (χ1v) is 16.8. The van der Waals surface area contributed by atoms with Crippen LogP contribution in [-0.4, -0.2) is 15.0 Å². The van der Waals surface area contributed by atoms with Gasteiger partial charge in [0.15, 0.2) is 5.82 Å². The summed E-state index contributed by atoms with van der Waals surface area (Å²) in [4.78, 5) is 14.9. The minimum Gasteiger partial charge on any atom is -0.264 e. The highest BCUT2D eigenvalue weighted by atomic mass is 14.9. The number of rotatable bonds is 4. The van der Waals surface area contributed by atoms with E-state index < -0.39 is 0 Å². The normalized spacial score (nSPS) is 13.3. The molecule has 2 heterocycles. The highest BCUT2D eigenvalue weighted by molar-refractivity contribution is 6.25. The van der Waals surface area contributed by atoms with E-state index >= 15 is 0 Å². The van der Waals surface area contributed by atoms with E-state index in [0.717, 1.165) is 39.2 Å². The van der Waals surface area contributed by atoms with Crippen molar-refractivity contribution in [2.24, 2.45) is 0 Å². The van der Waals surface area contributed by atoms with Gasteiger partial charge >= 0.3 is 0 Å². The molecule has 0 amide bonds. The topological polar surface area (TPSA) is 38.7 Å². The summed E-state index contributed by atoms with van der Waals surface area (Å²) in [7, 11) is 0. The molecule has 0 atom stereocenters. The Kier molecular flexibility index (Phi) is 5.92. The molecular formula is C46H31N3. The van der Waals surface area contributed by atoms with E-state index in [-0.39, 0.29) is 5.41 Å². The molecule has 0 N–H and O–H groups in total. The SMILES string of the molecule is CC1(C)c2ccccc2-c2ccc(-c3cc(-c4ccc5ccc6cccc7ccc4c5c67)nc(-c4ccc(-c5cccnc5)cc4)n3)cc21. The standard InChI is InChI=1S/C46H31N3/c1-46(2)39-11-4-3-10-35(39)36-21-20-33(25-40(36)46)41-26-42(49-45(48-41)32-16-12-28(13-17-32)34-9-6-24-47-27-34)37-22-18-31-15-14-29-7-5-8-30-19-23-38(37)44(31)43(29)30/h3-27H,1-2H3. The third-order valence-electron chi connectivity index (χ3n) is 10.5. The molecule has 0 aliphatic heterocycles. The highest BCUT2D eigenvalue weighted by Crippen LogP contribution is 2.49. The smallest absolute Gasteiger partial charge is 0.160 e. The lowest BCUT2D eigenvalue weighted by molar-refractivity contribution is 0.660. The Bertz CT molecular complexity index is 2710. The number of pyridine rings is 1. The van der Waals surface area contributed by atoms with Gasteiger partial charge in [-0.1, -0.05) is 135 Å². The van der Waals surface area contributed by atoms with Gasteiger partial charge in [0.25, 0.3) is 0 Å². The number of fused-ring (bicyclic) bond motifs is 3. The van der Waals surface area contributed by atoms with Crippen LogP contribution in [0.1, 0.15) is 25.0 Å². The largest absolute Gasteiger partial charge is 0.264 e. The fraction of sp³-hybridized carbons (Fsp3) is 0.0652. The van der Waals surface area contributed by atoms with Crippen molar-refractivity contribution in [2.75, 3.05) is 0 Å². The van der Waals surface area contributed by atoms with Gasteiger partial charge in [0.2, 0.25) is 0 Å². The van der Waals surface area contributed by atoms with Crippen LogP contribution in [0.5, 0.6) is 0 Å². The third kappa shape index (κ3) is 4.25. The van der Waals surface area contributed by atoms with Crippen molar-refractivity contribution in [2.45, 2.75) is 19.3 Å². The Morgan fingerprint density at radius 1 is 0.449 bits per heavy atom. The fourth-order valence-corrected chi connectivity index (χ4v) is 8.03. The van der Waals surface area contributed by atoms with Crippen molar-refractivity contribution in [3.8, 4) is 56.2 Å². The molecular weight excluding hydrogens is 595 g/mol. The molecule has 0 spiro atoms. The highest BCUT2D eigenvalue weighted by Gasteiger charge is 2.35. The van der Waals surface area contributed by atoms with Gasteiger partial charge in [-0.3, -0.25) is 4.98 Å². The molecule has 9 aromatic rings. The number of aromatic nitrogens is 3. The Labute approximate surface area is 284 Å². The second kappa shape index (κ2) is 10.4. The third-order valence-corrected chi connectivity index (χ3v) is 10.5. The molecule has 3 nitrogen and oxygen atoms in total. The van der Waals surface area contributed by atoms with Crippen LogP contribution < -0.4 is 0 Å². The van der Waals surface area contributed by atoms with Gasteiger partial charge in [0.1, 0.15) is 0 Å². The monoisotopic (exact) mass is 625 g/mol. The predicted molar refractivity (Wildman–Crippen MR) is 203 cm³/mol. The van der Waals surface area contributed by atoms with E-state index in [4.69, 9.17) is 9.97 Å². The Hall–Kier alpha value is -6.19. The minimum absolute atomic E-state index is 0.102. The molecule has 2 aromatic heterocycles. The molecule has 0 saturated carbocycles. The van der Waals surface area contributed by atoms with Crippen molar-refractivity contribution < 1.29 is 0 Å². The molecule has 1 aliphatic carbocycles. The molecule has 1 aliphatic rings. The van der Waals surface area contributed by atoms with E-state index in [1.54, 1.807) is 6.20 Å². The lowest BCUT2D eigenvalue weighted by atomic mass is 9.82. The summed E-state index contributed by atoms with van der Waals surface area (Å²) < 4.78 is 0. The van der Waals surface area contributed by atoms with Crippen molar-refractivity contribution in [3.63, 3.8) is 0 Å². The van der Waals surface area contributed by atoms with Crippen LogP contribution in [0.15, 0.2) is 152 Å². The van der Waals surface area contributed by atoms with Gasteiger partial charge in [-0.2, -0.15) is 0 Å². The molecule has 49 heavy (non-hydrogen) atoms. The summed E-state index contributed by atoms with van der Waals surface area (Å²) in [5, 5.41) is 7.55. The summed E-state index contributed by atoms with van der Waals surface area (Å²) in [5.74, 6) is 0.707. The summed E-state index contributed by atoms with van der Waals surface area (Å²) in [6.07, 6.45) is 3.70. The average molecular weight is 626 g/mol. The lowest BCUT2D eigenvalue weighted by Crippen LogP contribution is -2.14.